The van der Waals surface area contributed by atoms with E-state index in [-0.39, 0.29) is 12.5 Å². The highest BCUT2D eigenvalue weighted by Gasteiger charge is 2.24. The van der Waals surface area contributed by atoms with Crippen LogP contribution in [0.15, 0.2) is 83.3 Å². The summed E-state index contributed by atoms with van der Waals surface area (Å²) in [5.74, 6) is -1.40. The molecule has 148 valence electrons. The minimum atomic E-state index is -0.580. The number of carbonyl (C=O) groups excluding carboxylic acids is 2. The van der Waals surface area contributed by atoms with Crippen LogP contribution in [0, 0.1) is 0 Å². The fourth-order valence-corrected chi connectivity index (χ4v) is 3.55. The maximum Gasteiger partial charge on any atom is 0.318 e. The zero-order valence-electron chi connectivity index (χ0n) is 16.1. The zero-order chi connectivity index (χ0) is 20.6. The molecule has 0 aromatic heterocycles. The first kappa shape index (κ1) is 20.8. The van der Waals surface area contributed by atoms with Crippen LogP contribution in [0.2, 0.25) is 0 Å². The SMILES string of the molecule is CCc1cc(Br)ccc1NC(=O)COC(=O)C(c1ccccc1)c1ccccc1. The van der Waals surface area contributed by atoms with Crippen LogP contribution in [0.3, 0.4) is 0 Å². The molecule has 0 bridgehead atoms. The third-order valence-electron chi connectivity index (χ3n) is 4.57. The molecule has 0 aliphatic carbocycles. The molecule has 0 unspecified atom stereocenters. The van der Waals surface area contributed by atoms with Gasteiger partial charge >= 0.3 is 5.97 Å². The van der Waals surface area contributed by atoms with Crippen LogP contribution in [-0.4, -0.2) is 18.5 Å². The van der Waals surface area contributed by atoms with Crippen LogP contribution in [0.25, 0.3) is 0 Å². The van der Waals surface area contributed by atoms with E-state index in [9.17, 15) is 9.59 Å². The van der Waals surface area contributed by atoms with E-state index in [4.69, 9.17) is 4.74 Å². The van der Waals surface area contributed by atoms with Gasteiger partial charge in [0.1, 0.15) is 5.92 Å². The number of rotatable bonds is 7. The highest BCUT2D eigenvalue weighted by Crippen LogP contribution is 2.26. The van der Waals surface area contributed by atoms with E-state index >= 15 is 0 Å². The van der Waals surface area contributed by atoms with Gasteiger partial charge in [-0.3, -0.25) is 9.59 Å². The minimum absolute atomic E-state index is 0.339. The Bertz CT molecular complexity index is 934. The highest BCUT2D eigenvalue weighted by molar-refractivity contribution is 9.10. The summed E-state index contributed by atoms with van der Waals surface area (Å²) in [6.45, 7) is 1.68. The molecule has 1 N–H and O–H groups in total. The Labute approximate surface area is 179 Å². The number of nitrogens with one attached hydrogen (secondary N) is 1. The van der Waals surface area contributed by atoms with Gasteiger partial charge in [0.05, 0.1) is 0 Å². The first-order chi connectivity index (χ1) is 14.1. The van der Waals surface area contributed by atoms with Crippen molar-refractivity contribution < 1.29 is 14.3 Å². The Morgan fingerprint density at radius 3 is 2.07 bits per heavy atom. The van der Waals surface area contributed by atoms with Gasteiger partial charge in [-0.2, -0.15) is 0 Å². The second-order valence-electron chi connectivity index (χ2n) is 6.57. The fourth-order valence-electron chi connectivity index (χ4n) is 3.14. The number of halogens is 1. The molecule has 0 spiro atoms. The highest BCUT2D eigenvalue weighted by atomic mass is 79.9. The fraction of sp³-hybridized carbons (Fsp3) is 0.167. The van der Waals surface area contributed by atoms with Crippen LogP contribution in [0.5, 0.6) is 0 Å². The lowest BCUT2D eigenvalue weighted by molar-refractivity contribution is -0.147. The molecule has 3 rings (SSSR count). The Morgan fingerprint density at radius 1 is 0.931 bits per heavy atom. The molecule has 5 heteroatoms. The van der Waals surface area contributed by atoms with Crippen molar-refractivity contribution in [3.05, 3.63) is 100 Å². The number of anilines is 1. The van der Waals surface area contributed by atoms with Crippen molar-refractivity contribution in [3.8, 4) is 0 Å². The van der Waals surface area contributed by atoms with E-state index in [1.807, 2.05) is 85.8 Å². The quantitative estimate of drug-likeness (QED) is 0.494. The van der Waals surface area contributed by atoms with Gasteiger partial charge in [-0.15, -0.1) is 0 Å². The molecule has 29 heavy (non-hydrogen) atoms. The summed E-state index contributed by atoms with van der Waals surface area (Å²) in [6, 6.07) is 24.5. The molecule has 0 aliphatic heterocycles. The van der Waals surface area contributed by atoms with E-state index in [1.165, 1.54) is 0 Å². The standard InChI is InChI=1S/C24H22BrNO3/c1-2-17-15-20(25)13-14-21(17)26-22(27)16-29-24(28)23(18-9-5-3-6-10-18)19-11-7-4-8-12-19/h3-15,23H,2,16H2,1H3,(H,26,27). The minimum Gasteiger partial charge on any atom is -0.455 e. The monoisotopic (exact) mass is 451 g/mol. The molecular weight excluding hydrogens is 430 g/mol. The summed E-state index contributed by atoms with van der Waals surface area (Å²) in [7, 11) is 0. The lowest BCUT2D eigenvalue weighted by Crippen LogP contribution is -2.25. The van der Waals surface area contributed by atoms with Gasteiger partial charge in [-0.25, -0.2) is 0 Å². The second-order valence-corrected chi connectivity index (χ2v) is 7.48. The zero-order valence-corrected chi connectivity index (χ0v) is 17.7. The van der Waals surface area contributed by atoms with E-state index in [2.05, 4.69) is 21.2 Å². The van der Waals surface area contributed by atoms with Crippen molar-refractivity contribution in [1.29, 1.82) is 0 Å². The van der Waals surface area contributed by atoms with Gasteiger partial charge in [0.15, 0.2) is 6.61 Å². The maximum atomic E-state index is 12.9. The first-order valence-electron chi connectivity index (χ1n) is 9.43. The number of carbonyl (C=O) groups is 2. The third kappa shape index (κ3) is 5.55. The van der Waals surface area contributed by atoms with Crippen molar-refractivity contribution in [2.45, 2.75) is 19.3 Å². The number of benzene rings is 3. The summed E-state index contributed by atoms with van der Waals surface area (Å²) in [5, 5.41) is 2.83. The Balaban J connectivity index is 1.70. The summed E-state index contributed by atoms with van der Waals surface area (Å²) in [5.41, 5.74) is 3.38. The number of ether oxygens (including phenoxy) is 1. The van der Waals surface area contributed by atoms with E-state index < -0.39 is 11.9 Å². The number of hydrogen-bond acceptors (Lipinski definition) is 3. The van der Waals surface area contributed by atoms with Gasteiger partial charge in [-0.1, -0.05) is 83.5 Å². The first-order valence-corrected chi connectivity index (χ1v) is 10.2. The largest absolute Gasteiger partial charge is 0.455 e. The van der Waals surface area contributed by atoms with Crippen LogP contribution in [-0.2, 0) is 20.7 Å². The van der Waals surface area contributed by atoms with Gasteiger partial charge in [-0.05, 0) is 41.3 Å². The van der Waals surface area contributed by atoms with Crippen molar-refractivity contribution in [1.82, 2.24) is 0 Å². The summed E-state index contributed by atoms with van der Waals surface area (Å²) in [4.78, 5) is 25.2. The van der Waals surface area contributed by atoms with Gasteiger partial charge in [0.2, 0.25) is 0 Å². The molecule has 0 fully saturated rings. The molecule has 3 aromatic carbocycles. The molecule has 1 amide bonds. The average molecular weight is 452 g/mol. The van der Waals surface area contributed by atoms with Crippen LogP contribution in [0.4, 0.5) is 5.69 Å². The van der Waals surface area contributed by atoms with Crippen LogP contribution in [0.1, 0.15) is 29.5 Å². The van der Waals surface area contributed by atoms with Crippen molar-refractivity contribution >= 4 is 33.5 Å². The third-order valence-corrected chi connectivity index (χ3v) is 5.06. The Morgan fingerprint density at radius 2 is 1.52 bits per heavy atom. The van der Waals surface area contributed by atoms with Crippen LogP contribution < -0.4 is 5.32 Å². The smallest absolute Gasteiger partial charge is 0.318 e. The molecule has 0 atom stereocenters. The van der Waals surface area contributed by atoms with E-state index in [0.717, 1.165) is 33.3 Å². The Kier molecular flexibility index (Phi) is 7.19. The van der Waals surface area contributed by atoms with E-state index in [0.29, 0.717) is 0 Å². The summed E-state index contributed by atoms with van der Waals surface area (Å²) >= 11 is 3.43. The van der Waals surface area contributed by atoms with Gasteiger partial charge < -0.3 is 10.1 Å². The van der Waals surface area contributed by atoms with Crippen molar-refractivity contribution in [3.63, 3.8) is 0 Å². The molecule has 3 aromatic rings. The number of esters is 1. The average Bonchev–Trinajstić information content (AvgIpc) is 2.75. The molecule has 0 radical (unpaired) electrons. The second kappa shape index (κ2) is 10.0. The lowest BCUT2D eigenvalue weighted by atomic mass is 9.91. The predicted molar refractivity (Wildman–Crippen MR) is 118 cm³/mol. The summed E-state index contributed by atoms with van der Waals surface area (Å²) < 4.78 is 6.34. The van der Waals surface area contributed by atoms with E-state index in [1.54, 1.807) is 0 Å². The lowest BCUT2D eigenvalue weighted by Gasteiger charge is -2.17. The maximum absolute atomic E-state index is 12.9. The normalized spacial score (nSPS) is 10.6. The molecule has 0 saturated heterocycles. The molecule has 0 aliphatic rings. The number of amides is 1. The topological polar surface area (TPSA) is 55.4 Å². The van der Waals surface area contributed by atoms with Gasteiger partial charge in [0.25, 0.3) is 5.91 Å². The van der Waals surface area contributed by atoms with Crippen molar-refractivity contribution in [2.24, 2.45) is 0 Å². The number of aryl methyl sites for hydroxylation is 1. The van der Waals surface area contributed by atoms with Gasteiger partial charge in [0, 0.05) is 10.2 Å². The number of hydrogen-bond donors (Lipinski definition) is 1. The van der Waals surface area contributed by atoms with Crippen molar-refractivity contribution in [2.75, 3.05) is 11.9 Å². The predicted octanol–water partition coefficient (Wildman–Crippen LogP) is 5.33. The summed E-state index contributed by atoms with van der Waals surface area (Å²) in [6.07, 6.45) is 0.777. The van der Waals surface area contributed by atoms with Crippen LogP contribution >= 0.6 is 15.9 Å². The Hall–Kier alpha value is -2.92. The molecular formula is C24H22BrNO3. The molecule has 4 nitrogen and oxygen atoms in total. The molecule has 0 saturated carbocycles. The molecule has 0 heterocycles.